The Kier molecular flexibility index (Phi) is 4.42. The van der Waals surface area contributed by atoms with Crippen LogP contribution in [0.4, 0.5) is 0 Å². The number of aryl methyl sites for hydroxylation is 3. The van der Waals surface area contributed by atoms with Crippen LogP contribution in [0.1, 0.15) is 16.7 Å². The molecule has 0 N–H and O–H groups in total. The summed E-state index contributed by atoms with van der Waals surface area (Å²) in [5.41, 5.74) is 6.70. The fourth-order valence-electron chi connectivity index (χ4n) is 2.71. The molecule has 0 amide bonds. The highest BCUT2D eigenvalue weighted by Gasteiger charge is 2.12. The summed E-state index contributed by atoms with van der Waals surface area (Å²) in [4.78, 5) is 22.6. The Morgan fingerprint density at radius 1 is 0.519 bits per heavy atom. The molecule has 5 nitrogen and oxygen atoms in total. The smallest absolute Gasteiger partial charge is 0.178 e. The van der Waals surface area contributed by atoms with Crippen LogP contribution in [0.25, 0.3) is 34.2 Å². The third kappa shape index (κ3) is 3.72. The molecule has 0 saturated carbocycles. The number of aromatic nitrogens is 5. The summed E-state index contributed by atoms with van der Waals surface area (Å²) in [6, 6.07) is 12.2. The topological polar surface area (TPSA) is 64.5 Å². The number of rotatable bonds is 3. The molecule has 0 bridgehead atoms. The molecule has 132 valence electrons. The second-order valence-electron chi connectivity index (χ2n) is 6.66. The maximum atomic E-state index is 4.80. The Labute approximate surface area is 158 Å². The fraction of sp³-hybridized carbons (Fsp3) is 0.136. The van der Waals surface area contributed by atoms with E-state index in [0.29, 0.717) is 17.3 Å². The first-order valence-corrected chi connectivity index (χ1v) is 8.76. The highest BCUT2D eigenvalue weighted by Crippen LogP contribution is 2.27. The normalized spacial score (nSPS) is 10.8. The van der Waals surface area contributed by atoms with Crippen LogP contribution in [0, 0.1) is 20.8 Å². The van der Waals surface area contributed by atoms with Gasteiger partial charge in [0.1, 0.15) is 5.69 Å². The minimum Gasteiger partial charge on any atom is -0.244 e. The molecule has 4 rings (SSSR count). The second kappa shape index (κ2) is 7.03. The lowest BCUT2D eigenvalue weighted by Crippen LogP contribution is -1.97. The van der Waals surface area contributed by atoms with Crippen LogP contribution in [-0.4, -0.2) is 24.9 Å². The van der Waals surface area contributed by atoms with Crippen molar-refractivity contribution >= 4 is 0 Å². The molecule has 1 aromatic carbocycles. The lowest BCUT2D eigenvalue weighted by molar-refractivity contribution is 1.10. The quantitative estimate of drug-likeness (QED) is 0.539. The van der Waals surface area contributed by atoms with Gasteiger partial charge >= 0.3 is 0 Å². The maximum absolute atomic E-state index is 4.80. The first kappa shape index (κ1) is 17.0. The second-order valence-corrected chi connectivity index (χ2v) is 6.66. The largest absolute Gasteiger partial charge is 0.244 e. The van der Waals surface area contributed by atoms with Crippen molar-refractivity contribution < 1.29 is 0 Å². The van der Waals surface area contributed by atoms with E-state index in [2.05, 4.69) is 51.1 Å². The minimum atomic E-state index is 0.586. The zero-order valence-electron chi connectivity index (χ0n) is 15.5. The van der Waals surface area contributed by atoms with E-state index in [4.69, 9.17) is 4.98 Å². The van der Waals surface area contributed by atoms with Gasteiger partial charge in [-0.05, 0) is 44.0 Å². The number of nitrogens with zero attached hydrogens (tertiary/aromatic N) is 5. The summed E-state index contributed by atoms with van der Waals surface area (Å²) < 4.78 is 0. The molecule has 0 atom stereocenters. The highest BCUT2D eigenvalue weighted by atomic mass is 14.9. The summed E-state index contributed by atoms with van der Waals surface area (Å²) >= 11 is 0. The van der Waals surface area contributed by atoms with Crippen LogP contribution in [0.15, 0.2) is 61.2 Å². The average Bonchev–Trinajstić information content (AvgIpc) is 2.69. The van der Waals surface area contributed by atoms with E-state index < -0.39 is 0 Å². The van der Waals surface area contributed by atoms with Gasteiger partial charge in [-0.25, -0.2) is 24.9 Å². The molecular weight excluding hydrogens is 334 g/mol. The molecule has 0 saturated heterocycles. The van der Waals surface area contributed by atoms with Crippen LogP contribution in [0.5, 0.6) is 0 Å². The third-order valence-electron chi connectivity index (χ3n) is 4.22. The molecular formula is C22H19N5. The van der Waals surface area contributed by atoms with Gasteiger partial charge in [-0.15, -0.1) is 0 Å². The minimum absolute atomic E-state index is 0.586. The zero-order chi connectivity index (χ0) is 18.8. The van der Waals surface area contributed by atoms with Gasteiger partial charge in [0.2, 0.25) is 0 Å². The Morgan fingerprint density at radius 3 is 1.63 bits per heavy atom. The van der Waals surface area contributed by atoms with Gasteiger partial charge in [0.05, 0.1) is 5.69 Å². The molecule has 4 aromatic rings. The van der Waals surface area contributed by atoms with Crippen LogP contribution in [-0.2, 0) is 0 Å². The molecule has 3 heterocycles. The predicted molar refractivity (Wildman–Crippen MR) is 106 cm³/mol. The van der Waals surface area contributed by atoms with E-state index in [1.54, 1.807) is 12.4 Å². The van der Waals surface area contributed by atoms with Crippen LogP contribution in [0.2, 0.25) is 0 Å². The Morgan fingerprint density at radius 2 is 1.04 bits per heavy atom. The van der Waals surface area contributed by atoms with E-state index in [1.165, 1.54) is 5.56 Å². The van der Waals surface area contributed by atoms with Gasteiger partial charge in [-0.3, -0.25) is 0 Å². The number of hydrogen-bond acceptors (Lipinski definition) is 5. The zero-order valence-corrected chi connectivity index (χ0v) is 15.5. The molecule has 0 unspecified atom stereocenters. The summed E-state index contributed by atoms with van der Waals surface area (Å²) in [6.45, 7) is 6.00. The van der Waals surface area contributed by atoms with E-state index in [1.807, 2.05) is 38.4 Å². The Balaban J connectivity index is 1.89. The van der Waals surface area contributed by atoms with Gasteiger partial charge in [-0.1, -0.05) is 29.8 Å². The number of hydrogen-bond donors (Lipinski definition) is 0. The molecule has 0 aliphatic carbocycles. The van der Waals surface area contributed by atoms with Gasteiger partial charge in [0, 0.05) is 35.9 Å². The molecule has 0 fully saturated rings. The van der Waals surface area contributed by atoms with Crippen molar-refractivity contribution in [2.75, 3.05) is 0 Å². The molecule has 0 aliphatic rings. The summed E-state index contributed by atoms with van der Waals surface area (Å²) in [6.07, 6.45) is 7.22. The lowest BCUT2D eigenvalue weighted by atomic mass is 10.1. The first-order chi connectivity index (χ1) is 13.1. The third-order valence-corrected chi connectivity index (χ3v) is 4.22. The van der Waals surface area contributed by atoms with Crippen LogP contribution >= 0.6 is 0 Å². The van der Waals surface area contributed by atoms with Crippen LogP contribution < -0.4 is 0 Å². The average molecular weight is 353 g/mol. The van der Waals surface area contributed by atoms with Gasteiger partial charge < -0.3 is 0 Å². The van der Waals surface area contributed by atoms with E-state index in [9.17, 15) is 0 Å². The van der Waals surface area contributed by atoms with Gasteiger partial charge in [0.25, 0.3) is 0 Å². The van der Waals surface area contributed by atoms with E-state index in [-0.39, 0.29) is 0 Å². The van der Waals surface area contributed by atoms with Gasteiger partial charge in [0.15, 0.2) is 11.6 Å². The molecule has 0 radical (unpaired) electrons. The van der Waals surface area contributed by atoms with Crippen molar-refractivity contribution in [1.82, 2.24) is 24.9 Å². The van der Waals surface area contributed by atoms with Crippen LogP contribution in [0.3, 0.4) is 0 Å². The molecule has 3 aromatic heterocycles. The van der Waals surface area contributed by atoms with Crippen molar-refractivity contribution in [2.24, 2.45) is 0 Å². The molecule has 0 spiro atoms. The van der Waals surface area contributed by atoms with E-state index in [0.717, 1.165) is 27.9 Å². The lowest BCUT2D eigenvalue weighted by Gasteiger charge is -2.09. The monoisotopic (exact) mass is 353 g/mol. The maximum Gasteiger partial charge on any atom is 0.178 e. The number of pyridine rings is 1. The summed E-state index contributed by atoms with van der Waals surface area (Å²) in [7, 11) is 0. The Bertz CT molecular complexity index is 915. The van der Waals surface area contributed by atoms with Crippen molar-refractivity contribution in [3.63, 3.8) is 0 Å². The van der Waals surface area contributed by atoms with Crippen molar-refractivity contribution in [2.45, 2.75) is 20.8 Å². The molecule has 27 heavy (non-hydrogen) atoms. The van der Waals surface area contributed by atoms with Crippen molar-refractivity contribution in [3.05, 3.63) is 77.9 Å². The van der Waals surface area contributed by atoms with Gasteiger partial charge in [-0.2, -0.15) is 0 Å². The predicted octanol–water partition coefficient (Wildman–Crippen LogP) is 4.59. The standard InChI is InChI=1S/C22H19N5/c1-14-4-6-17(7-5-14)19-8-18(21-23-10-15(2)11-24-21)9-20(27-19)22-25-12-16(3)13-26-22/h4-13H,1-3H3. The van der Waals surface area contributed by atoms with Crippen molar-refractivity contribution in [3.8, 4) is 34.2 Å². The SMILES string of the molecule is Cc1ccc(-c2cc(-c3ncc(C)cn3)cc(-c3ncc(C)cn3)n2)cc1. The summed E-state index contributed by atoms with van der Waals surface area (Å²) in [5, 5.41) is 0. The summed E-state index contributed by atoms with van der Waals surface area (Å²) in [5.74, 6) is 1.24. The van der Waals surface area contributed by atoms with Crippen molar-refractivity contribution in [1.29, 1.82) is 0 Å². The first-order valence-electron chi connectivity index (χ1n) is 8.76. The highest BCUT2D eigenvalue weighted by molar-refractivity contribution is 5.72. The number of benzene rings is 1. The Hall–Kier alpha value is -3.47. The fourth-order valence-corrected chi connectivity index (χ4v) is 2.71. The molecule has 5 heteroatoms. The molecule has 0 aliphatic heterocycles. The van der Waals surface area contributed by atoms with E-state index >= 15 is 0 Å².